The zero-order chi connectivity index (χ0) is 18.4. The number of nitrogens with one attached hydrogen (secondary N) is 1. The summed E-state index contributed by atoms with van der Waals surface area (Å²) in [5, 5.41) is 15.4. The van der Waals surface area contributed by atoms with Crippen molar-refractivity contribution < 1.29 is 14.5 Å². The third kappa shape index (κ3) is 4.18. The SMILES string of the molecule is O=C(COc1cccc2cccnc12)N/N=C\c1cccc([N+](=O)[O-])c1. The van der Waals surface area contributed by atoms with Gasteiger partial charge in [-0.15, -0.1) is 0 Å². The number of carbonyl (C=O) groups is 1. The van der Waals surface area contributed by atoms with Crippen LogP contribution in [0.25, 0.3) is 10.9 Å². The minimum Gasteiger partial charge on any atom is -0.481 e. The van der Waals surface area contributed by atoms with Crippen LogP contribution in [0.3, 0.4) is 0 Å². The average Bonchev–Trinajstić information content (AvgIpc) is 2.66. The Labute approximate surface area is 148 Å². The minimum absolute atomic E-state index is 0.0490. The summed E-state index contributed by atoms with van der Waals surface area (Å²) in [5.74, 6) is 0.0422. The Balaban J connectivity index is 1.57. The number of fused-ring (bicyclic) bond motifs is 1. The first-order valence-corrected chi connectivity index (χ1v) is 7.66. The highest BCUT2D eigenvalue weighted by molar-refractivity contribution is 5.86. The lowest BCUT2D eigenvalue weighted by Gasteiger charge is -2.07. The van der Waals surface area contributed by atoms with E-state index < -0.39 is 10.8 Å². The summed E-state index contributed by atoms with van der Waals surface area (Å²) in [6.07, 6.45) is 2.98. The number of hydrazone groups is 1. The van der Waals surface area contributed by atoms with Crippen molar-refractivity contribution in [1.29, 1.82) is 0 Å². The molecule has 0 spiro atoms. The highest BCUT2D eigenvalue weighted by Gasteiger charge is 2.06. The van der Waals surface area contributed by atoms with Crippen LogP contribution in [-0.4, -0.2) is 28.6 Å². The van der Waals surface area contributed by atoms with Crippen LogP contribution in [0.5, 0.6) is 5.75 Å². The average molecular weight is 350 g/mol. The molecule has 0 saturated heterocycles. The first-order chi connectivity index (χ1) is 12.6. The predicted molar refractivity (Wildman–Crippen MR) is 96.1 cm³/mol. The molecule has 2 aromatic carbocycles. The number of hydrogen-bond donors (Lipinski definition) is 1. The lowest BCUT2D eigenvalue weighted by molar-refractivity contribution is -0.384. The van der Waals surface area contributed by atoms with Crippen molar-refractivity contribution in [3.8, 4) is 5.75 Å². The van der Waals surface area contributed by atoms with Crippen molar-refractivity contribution in [1.82, 2.24) is 10.4 Å². The Morgan fingerprint density at radius 2 is 2.04 bits per heavy atom. The van der Waals surface area contributed by atoms with E-state index in [1.807, 2.05) is 24.3 Å². The maximum Gasteiger partial charge on any atom is 0.277 e. The summed E-state index contributed by atoms with van der Waals surface area (Å²) in [6.45, 7) is -0.234. The second kappa shape index (κ2) is 7.84. The van der Waals surface area contributed by atoms with E-state index in [0.29, 0.717) is 16.8 Å². The second-order valence-electron chi connectivity index (χ2n) is 5.27. The number of hydrogen-bond acceptors (Lipinski definition) is 6. The second-order valence-corrected chi connectivity index (χ2v) is 5.27. The van der Waals surface area contributed by atoms with Gasteiger partial charge in [0.05, 0.1) is 11.1 Å². The van der Waals surface area contributed by atoms with Gasteiger partial charge in [0.1, 0.15) is 11.3 Å². The molecule has 0 radical (unpaired) electrons. The van der Waals surface area contributed by atoms with Crippen molar-refractivity contribution >= 4 is 28.7 Å². The third-order valence-corrected chi connectivity index (χ3v) is 3.44. The van der Waals surface area contributed by atoms with Gasteiger partial charge in [-0.1, -0.05) is 30.3 Å². The molecule has 0 atom stereocenters. The van der Waals surface area contributed by atoms with Crippen molar-refractivity contribution in [3.63, 3.8) is 0 Å². The summed E-state index contributed by atoms with van der Waals surface area (Å²) in [6, 6.07) is 15.1. The molecule has 0 saturated carbocycles. The van der Waals surface area contributed by atoms with Gasteiger partial charge in [0, 0.05) is 29.3 Å². The fraction of sp³-hybridized carbons (Fsp3) is 0.0556. The summed E-state index contributed by atoms with van der Waals surface area (Å²) in [7, 11) is 0. The van der Waals surface area contributed by atoms with E-state index in [1.54, 1.807) is 18.3 Å². The number of para-hydroxylation sites is 1. The Kier molecular flexibility index (Phi) is 5.14. The normalized spacial score (nSPS) is 10.8. The van der Waals surface area contributed by atoms with Crippen LogP contribution in [0.1, 0.15) is 5.56 Å². The number of pyridine rings is 1. The number of ether oxygens (including phenoxy) is 1. The van der Waals surface area contributed by atoms with Gasteiger partial charge in [-0.25, -0.2) is 5.43 Å². The van der Waals surface area contributed by atoms with Gasteiger partial charge in [-0.05, 0) is 12.1 Å². The van der Waals surface area contributed by atoms with Gasteiger partial charge >= 0.3 is 0 Å². The fourth-order valence-electron chi connectivity index (χ4n) is 2.27. The molecule has 3 rings (SSSR count). The topological polar surface area (TPSA) is 107 Å². The van der Waals surface area contributed by atoms with Crippen LogP contribution < -0.4 is 10.2 Å². The molecule has 1 aromatic heterocycles. The van der Waals surface area contributed by atoms with Crippen molar-refractivity contribution in [2.45, 2.75) is 0 Å². The Hall–Kier alpha value is -3.81. The fourth-order valence-corrected chi connectivity index (χ4v) is 2.27. The molecule has 8 heteroatoms. The smallest absolute Gasteiger partial charge is 0.277 e. The number of nitro benzene ring substituents is 1. The van der Waals surface area contributed by atoms with E-state index in [-0.39, 0.29) is 12.3 Å². The third-order valence-electron chi connectivity index (χ3n) is 3.44. The largest absolute Gasteiger partial charge is 0.481 e. The molecule has 8 nitrogen and oxygen atoms in total. The quantitative estimate of drug-likeness (QED) is 0.418. The zero-order valence-corrected chi connectivity index (χ0v) is 13.5. The monoisotopic (exact) mass is 350 g/mol. The number of nitrogens with zero attached hydrogens (tertiary/aromatic N) is 3. The molecule has 0 fully saturated rings. The van der Waals surface area contributed by atoms with Gasteiger partial charge in [0.2, 0.25) is 0 Å². The van der Waals surface area contributed by atoms with Gasteiger partial charge in [0.15, 0.2) is 6.61 Å². The highest BCUT2D eigenvalue weighted by atomic mass is 16.6. The van der Waals surface area contributed by atoms with Crippen LogP contribution in [-0.2, 0) is 4.79 Å². The number of benzene rings is 2. The van der Waals surface area contributed by atoms with Crippen LogP contribution in [0, 0.1) is 10.1 Å². The van der Waals surface area contributed by atoms with Crippen molar-refractivity contribution in [2.75, 3.05) is 6.61 Å². The Morgan fingerprint density at radius 3 is 2.88 bits per heavy atom. The molecule has 0 unspecified atom stereocenters. The molecule has 1 N–H and O–H groups in total. The molecule has 1 amide bonds. The first-order valence-electron chi connectivity index (χ1n) is 7.66. The van der Waals surface area contributed by atoms with Gasteiger partial charge in [-0.2, -0.15) is 5.10 Å². The molecular weight excluding hydrogens is 336 g/mol. The first kappa shape index (κ1) is 17.0. The number of nitro groups is 1. The van der Waals surface area contributed by atoms with E-state index in [1.165, 1.54) is 24.4 Å². The summed E-state index contributed by atoms with van der Waals surface area (Å²) >= 11 is 0. The van der Waals surface area contributed by atoms with E-state index in [2.05, 4.69) is 15.5 Å². The minimum atomic E-state index is -0.498. The summed E-state index contributed by atoms with van der Waals surface area (Å²) in [4.78, 5) is 26.3. The Bertz CT molecular complexity index is 982. The molecule has 0 bridgehead atoms. The van der Waals surface area contributed by atoms with Gasteiger partial charge < -0.3 is 4.74 Å². The van der Waals surface area contributed by atoms with Crippen molar-refractivity contribution in [3.05, 3.63) is 76.5 Å². The number of amides is 1. The number of aromatic nitrogens is 1. The number of rotatable bonds is 6. The van der Waals surface area contributed by atoms with E-state index in [4.69, 9.17) is 4.74 Å². The molecule has 130 valence electrons. The lowest BCUT2D eigenvalue weighted by Crippen LogP contribution is -2.24. The van der Waals surface area contributed by atoms with E-state index >= 15 is 0 Å². The van der Waals surface area contributed by atoms with Crippen molar-refractivity contribution in [2.24, 2.45) is 5.10 Å². The molecule has 0 aliphatic heterocycles. The number of carbonyl (C=O) groups excluding carboxylic acids is 1. The van der Waals surface area contributed by atoms with Crippen LogP contribution >= 0.6 is 0 Å². The van der Waals surface area contributed by atoms with E-state index in [9.17, 15) is 14.9 Å². The predicted octanol–water partition coefficient (Wildman–Crippen LogP) is 2.67. The maximum absolute atomic E-state index is 11.8. The van der Waals surface area contributed by atoms with Gasteiger partial charge in [0.25, 0.3) is 11.6 Å². The van der Waals surface area contributed by atoms with Crippen LogP contribution in [0.2, 0.25) is 0 Å². The standard InChI is InChI=1S/C18H14N4O4/c23-17(21-20-11-13-4-1-7-15(10-13)22(24)25)12-26-16-8-2-5-14-6-3-9-19-18(14)16/h1-11H,12H2,(H,21,23)/b20-11-. The summed E-state index contributed by atoms with van der Waals surface area (Å²) < 4.78 is 5.50. The molecule has 1 heterocycles. The Morgan fingerprint density at radius 1 is 1.23 bits per heavy atom. The van der Waals surface area contributed by atoms with Gasteiger partial charge in [-0.3, -0.25) is 19.9 Å². The molecule has 3 aromatic rings. The maximum atomic E-state index is 11.8. The summed E-state index contributed by atoms with van der Waals surface area (Å²) in [5.41, 5.74) is 3.43. The zero-order valence-electron chi connectivity index (χ0n) is 13.5. The molecular formula is C18H14N4O4. The highest BCUT2D eigenvalue weighted by Crippen LogP contribution is 2.22. The van der Waals surface area contributed by atoms with E-state index in [0.717, 1.165) is 5.39 Å². The van der Waals surface area contributed by atoms with Crippen LogP contribution in [0.4, 0.5) is 5.69 Å². The number of non-ortho nitro benzene ring substituents is 1. The molecule has 0 aliphatic rings. The molecule has 26 heavy (non-hydrogen) atoms. The van der Waals surface area contributed by atoms with Crippen LogP contribution in [0.15, 0.2) is 65.9 Å². The molecule has 0 aliphatic carbocycles. The lowest BCUT2D eigenvalue weighted by atomic mass is 10.2.